The highest BCUT2D eigenvalue weighted by Gasteiger charge is 2.10. The molecular formula is C14H21N3O4. The Bertz CT molecular complexity index is 501. The minimum absolute atomic E-state index is 0.206. The number of likely N-dealkylation sites (N-methyl/N-ethyl adjacent to an activating group) is 1. The number of carboxylic acids is 1. The standard InChI is InChI=1S/C14H21N3O4/c1-3-17(4-2)8-7-15-14(21)16-10-5-6-11(13(19)20)12(18)9-10/h5-6,9,18H,3-4,7-8H2,1-2H3,(H,19,20)(H2,15,16,21). The Morgan fingerprint density at radius 2 is 1.90 bits per heavy atom. The molecule has 116 valence electrons. The first-order valence-electron chi connectivity index (χ1n) is 6.81. The predicted molar refractivity (Wildman–Crippen MR) is 79.9 cm³/mol. The fourth-order valence-electron chi connectivity index (χ4n) is 1.83. The van der Waals surface area contributed by atoms with E-state index in [0.29, 0.717) is 12.2 Å². The molecule has 0 aliphatic rings. The van der Waals surface area contributed by atoms with Crippen molar-refractivity contribution >= 4 is 17.7 Å². The number of nitrogens with one attached hydrogen (secondary N) is 2. The van der Waals surface area contributed by atoms with Gasteiger partial charge < -0.3 is 25.7 Å². The van der Waals surface area contributed by atoms with E-state index >= 15 is 0 Å². The first-order chi connectivity index (χ1) is 9.97. The number of rotatable bonds is 7. The van der Waals surface area contributed by atoms with Crippen molar-refractivity contribution in [3.05, 3.63) is 23.8 Å². The number of carboxylic acid groups (broad SMARTS) is 1. The summed E-state index contributed by atoms with van der Waals surface area (Å²) in [5, 5.41) is 23.6. The van der Waals surface area contributed by atoms with Crippen LogP contribution in [0.1, 0.15) is 24.2 Å². The number of amides is 2. The van der Waals surface area contributed by atoms with Gasteiger partial charge in [-0.25, -0.2) is 9.59 Å². The van der Waals surface area contributed by atoms with Crippen LogP contribution in [0.5, 0.6) is 5.75 Å². The molecule has 2 amide bonds. The molecule has 0 fully saturated rings. The molecule has 0 spiro atoms. The maximum Gasteiger partial charge on any atom is 0.339 e. The Balaban J connectivity index is 2.48. The molecule has 0 aliphatic heterocycles. The van der Waals surface area contributed by atoms with Crippen LogP contribution in [0.25, 0.3) is 0 Å². The summed E-state index contributed by atoms with van der Waals surface area (Å²) < 4.78 is 0. The summed E-state index contributed by atoms with van der Waals surface area (Å²) in [4.78, 5) is 24.6. The lowest BCUT2D eigenvalue weighted by Crippen LogP contribution is -2.36. The van der Waals surface area contributed by atoms with E-state index in [2.05, 4.69) is 29.4 Å². The normalized spacial score (nSPS) is 10.4. The Morgan fingerprint density at radius 3 is 2.43 bits per heavy atom. The zero-order chi connectivity index (χ0) is 15.8. The number of hydrogen-bond donors (Lipinski definition) is 4. The van der Waals surface area contributed by atoms with Gasteiger partial charge in [0.1, 0.15) is 11.3 Å². The SMILES string of the molecule is CCN(CC)CCNC(=O)Nc1ccc(C(=O)O)c(O)c1. The summed E-state index contributed by atoms with van der Waals surface area (Å²) in [7, 11) is 0. The second-order valence-corrected chi connectivity index (χ2v) is 4.44. The van der Waals surface area contributed by atoms with Crippen LogP contribution in [0.3, 0.4) is 0 Å². The second-order valence-electron chi connectivity index (χ2n) is 4.44. The Kier molecular flexibility index (Phi) is 6.48. The molecule has 4 N–H and O–H groups in total. The van der Waals surface area contributed by atoms with Crippen LogP contribution < -0.4 is 10.6 Å². The number of carbonyl (C=O) groups is 2. The molecule has 1 aromatic carbocycles. The van der Waals surface area contributed by atoms with Crippen molar-refractivity contribution in [1.29, 1.82) is 0 Å². The molecule has 1 rings (SSSR count). The number of benzene rings is 1. The van der Waals surface area contributed by atoms with Crippen molar-refractivity contribution in [3.63, 3.8) is 0 Å². The van der Waals surface area contributed by atoms with Gasteiger partial charge in [0.2, 0.25) is 0 Å². The molecular weight excluding hydrogens is 274 g/mol. The van der Waals surface area contributed by atoms with Gasteiger partial charge in [-0.2, -0.15) is 0 Å². The Morgan fingerprint density at radius 1 is 1.24 bits per heavy atom. The van der Waals surface area contributed by atoms with Crippen molar-refractivity contribution in [1.82, 2.24) is 10.2 Å². The molecule has 21 heavy (non-hydrogen) atoms. The summed E-state index contributed by atoms with van der Waals surface area (Å²) >= 11 is 0. The molecule has 0 aromatic heterocycles. The summed E-state index contributed by atoms with van der Waals surface area (Å²) in [5.41, 5.74) is 0.125. The van der Waals surface area contributed by atoms with Gasteiger partial charge >= 0.3 is 12.0 Å². The minimum Gasteiger partial charge on any atom is -0.507 e. The Hall–Kier alpha value is -2.28. The van der Waals surface area contributed by atoms with Crippen molar-refractivity contribution in [2.75, 3.05) is 31.5 Å². The van der Waals surface area contributed by atoms with Crippen molar-refractivity contribution < 1.29 is 19.8 Å². The summed E-state index contributed by atoms with van der Waals surface area (Å²) in [5.74, 6) is -1.61. The van der Waals surface area contributed by atoms with Crippen molar-refractivity contribution in [2.24, 2.45) is 0 Å². The molecule has 7 heteroatoms. The van der Waals surface area contributed by atoms with E-state index in [1.54, 1.807) is 0 Å². The third kappa shape index (κ3) is 5.31. The van der Waals surface area contributed by atoms with Gasteiger partial charge in [-0.1, -0.05) is 13.8 Å². The van der Waals surface area contributed by atoms with Crippen LogP contribution in [0, 0.1) is 0 Å². The number of carbonyl (C=O) groups excluding carboxylic acids is 1. The zero-order valence-electron chi connectivity index (χ0n) is 12.2. The molecule has 0 atom stereocenters. The van der Waals surface area contributed by atoms with Crippen LogP contribution in [-0.2, 0) is 0 Å². The van der Waals surface area contributed by atoms with Crippen LogP contribution in [0.4, 0.5) is 10.5 Å². The van der Waals surface area contributed by atoms with Crippen LogP contribution >= 0.6 is 0 Å². The number of phenols is 1. The van der Waals surface area contributed by atoms with Gasteiger partial charge in [0.15, 0.2) is 0 Å². The number of urea groups is 1. The maximum absolute atomic E-state index is 11.7. The van der Waals surface area contributed by atoms with Crippen molar-refractivity contribution in [3.8, 4) is 5.75 Å². The number of aromatic carboxylic acids is 1. The topological polar surface area (TPSA) is 102 Å². The van der Waals surface area contributed by atoms with Crippen LogP contribution in [0.2, 0.25) is 0 Å². The first-order valence-corrected chi connectivity index (χ1v) is 6.81. The lowest BCUT2D eigenvalue weighted by atomic mass is 10.2. The molecule has 0 heterocycles. The van der Waals surface area contributed by atoms with E-state index in [0.717, 1.165) is 19.6 Å². The number of anilines is 1. The Labute approximate surface area is 123 Å². The fourth-order valence-corrected chi connectivity index (χ4v) is 1.83. The van der Waals surface area contributed by atoms with E-state index in [1.165, 1.54) is 18.2 Å². The highest BCUT2D eigenvalue weighted by Crippen LogP contribution is 2.21. The van der Waals surface area contributed by atoms with Gasteiger partial charge in [-0.15, -0.1) is 0 Å². The molecule has 0 saturated carbocycles. The minimum atomic E-state index is -1.22. The van der Waals surface area contributed by atoms with E-state index < -0.39 is 12.0 Å². The number of aromatic hydroxyl groups is 1. The van der Waals surface area contributed by atoms with Crippen molar-refractivity contribution in [2.45, 2.75) is 13.8 Å². The average molecular weight is 295 g/mol. The number of hydrogen-bond acceptors (Lipinski definition) is 4. The van der Waals surface area contributed by atoms with E-state index in [9.17, 15) is 14.7 Å². The third-order valence-corrected chi connectivity index (χ3v) is 3.09. The molecule has 0 bridgehead atoms. The second kappa shape index (κ2) is 8.11. The van der Waals surface area contributed by atoms with Crippen LogP contribution in [-0.4, -0.2) is 53.3 Å². The lowest BCUT2D eigenvalue weighted by molar-refractivity contribution is 0.0694. The molecule has 0 aliphatic carbocycles. The quantitative estimate of drug-likeness (QED) is 0.611. The highest BCUT2D eigenvalue weighted by atomic mass is 16.4. The lowest BCUT2D eigenvalue weighted by Gasteiger charge is -2.18. The fraction of sp³-hybridized carbons (Fsp3) is 0.429. The molecule has 1 aromatic rings. The number of nitrogens with zero attached hydrogens (tertiary/aromatic N) is 1. The monoisotopic (exact) mass is 295 g/mol. The highest BCUT2D eigenvalue weighted by molar-refractivity contribution is 5.93. The first kappa shape index (κ1) is 16.8. The van der Waals surface area contributed by atoms with Gasteiger partial charge in [0.05, 0.1) is 0 Å². The van der Waals surface area contributed by atoms with E-state index in [4.69, 9.17) is 5.11 Å². The van der Waals surface area contributed by atoms with Gasteiger partial charge in [0, 0.05) is 24.8 Å². The van der Waals surface area contributed by atoms with Gasteiger partial charge in [-0.3, -0.25) is 0 Å². The largest absolute Gasteiger partial charge is 0.507 e. The van der Waals surface area contributed by atoms with Crippen LogP contribution in [0.15, 0.2) is 18.2 Å². The molecule has 0 unspecified atom stereocenters. The van der Waals surface area contributed by atoms with E-state index in [1.807, 2.05) is 0 Å². The molecule has 7 nitrogen and oxygen atoms in total. The maximum atomic E-state index is 11.7. The zero-order valence-corrected chi connectivity index (χ0v) is 12.2. The van der Waals surface area contributed by atoms with Gasteiger partial charge in [0.25, 0.3) is 0 Å². The summed E-state index contributed by atoms with van der Waals surface area (Å²) in [6.07, 6.45) is 0. The predicted octanol–water partition coefficient (Wildman–Crippen LogP) is 1.55. The smallest absolute Gasteiger partial charge is 0.339 e. The van der Waals surface area contributed by atoms with Gasteiger partial charge in [-0.05, 0) is 25.2 Å². The summed E-state index contributed by atoms with van der Waals surface area (Å²) in [6.45, 7) is 7.21. The molecule has 0 saturated heterocycles. The van der Waals surface area contributed by atoms with E-state index in [-0.39, 0.29) is 11.3 Å². The third-order valence-electron chi connectivity index (χ3n) is 3.09. The molecule has 0 radical (unpaired) electrons. The average Bonchev–Trinajstić information content (AvgIpc) is 2.43. The summed E-state index contributed by atoms with van der Waals surface area (Å²) in [6, 6.07) is 3.47.